The molecule has 0 bridgehead atoms. The molecule has 2 aliphatic carbocycles. The van der Waals surface area contributed by atoms with Gasteiger partial charge in [0.05, 0.1) is 0 Å². The molecule has 1 aromatic carbocycles. The average Bonchev–Trinajstić information content (AvgIpc) is 3.38. The summed E-state index contributed by atoms with van der Waals surface area (Å²) >= 11 is 0. The predicted molar refractivity (Wildman–Crippen MR) is 115 cm³/mol. The van der Waals surface area contributed by atoms with Gasteiger partial charge >= 0.3 is 26.2 Å². The van der Waals surface area contributed by atoms with Crippen molar-refractivity contribution in [3.63, 3.8) is 0 Å². The molecule has 0 heterocycles. The van der Waals surface area contributed by atoms with Crippen LogP contribution < -0.4 is 0 Å². The van der Waals surface area contributed by atoms with Crippen LogP contribution in [-0.2, 0) is 26.2 Å². The molecular weight excluding hydrogens is 406 g/mol. The summed E-state index contributed by atoms with van der Waals surface area (Å²) in [6, 6.07) is 10.2. The fraction of sp³-hybridized carbons (Fsp3) is 0.320. The normalized spacial score (nSPS) is 15.7. The van der Waals surface area contributed by atoms with Gasteiger partial charge in [-0.25, -0.2) is 0 Å². The number of hydrogen-bond acceptors (Lipinski definition) is 0. The zero-order valence-electron chi connectivity index (χ0n) is 17.0. The number of unbranched alkanes of at least 4 members (excludes halogenated alkanes) is 3. The van der Waals surface area contributed by atoms with E-state index >= 15 is 0 Å². The first-order valence-corrected chi connectivity index (χ1v) is 9.57. The zero-order valence-corrected chi connectivity index (χ0v) is 19.5. The van der Waals surface area contributed by atoms with Gasteiger partial charge < -0.3 is 11.7 Å². The van der Waals surface area contributed by atoms with E-state index in [1.165, 1.54) is 19.3 Å². The van der Waals surface area contributed by atoms with Gasteiger partial charge in [-0.05, 0) is 64.2 Å². The van der Waals surface area contributed by atoms with E-state index in [1.54, 1.807) is 0 Å². The fourth-order valence-electron chi connectivity index (χ4n) is 2.34. The van der Waals surface area contributed by atoms with Crippen LogP contribution in [0.25, 0.3) is 5.32 Å². The van der Waals surface area contributed by atoms with Crippen molar-refractivity contribution in [1.29, 1.82) is 0 Å². The average molecular weight is 439 g/mol. The van der Waals surface area contributed by atoms with Gasteiger partial charge in [-0.2, -0.15) is 12.8 Å². The first-order chi connectivity index (χ1) is 12.6. The SMILES string of the molecule is CCCC[CH-]CC(C)(C)[N-]c1ccccc1.[CH]1[CH][CH][CH][CH]1.[CH]1[CH][CH][CH][CH]1.[Zr+4]. The van der Waals surface area contributed by atoms with Crippen molar-refractivity contribution < 1.29 is 26.2 Å². The molecule has 1 nitrogen and oxygen atoms in total. The number of para-hydroxylation sites is 1. The first kappa shape index (κ1) is 26.9. The molecule has 0 aromatic heterocycles. The Bertz CT molecular complexity index is 382. The van der Waals surface area contributed by atoms with Crippen molar-refractivity contribution in [2.45, 2.75) is 52.0 Å². The summed E-state index contributed by atoms with van der Waals surface area (Å²) in [4.78, 5) is 0. The van der Waals surface area contributed by atoms with Crippen LogP contribution in [-0.4, -0.2) is 5.54 Å². The van der Waals surface area contributed by atoms with Crippen LogP contribution in [0.4, 0.5) is 5.69 Å². The largest absolute Gasteiger partial charge is 4.00 e. The molecule has 1 aromatic rings. The van der Waals surface area contributed by atoms with Crippen LogP contribution in [0.2, 0.25) is 0 Å². The molecule has 0 amide bonds. The third-order valence-corrected chi connectivity index (χ3v) is 3.70. The van der Waals surface area contributed by atoms with Gasteiger partial charge in [-0.3, -0.25) is 0 Å². The van der Waals surface area contributed by atoms with E-state index in [2.05, 4.69) is 39.3 Å². The zero-order chi connectivity index (χ0) is 18.9. The molecule has 0 N–H and O–H groups in total. The molecule has 10 radical (unpaired) electrons. The molecule has 0 saturated heterocycles. The fourth-order valence-corrected chi connectivity index (χ4v) is 2.34. The maximum absolute atomic E-state index is 4.76. The minimum absolute atomic E-state index is 0. The van der Waals surface area contributed by atoms with Crippen molar-refractivity contribution in [1.82, 2.24) is 0 Å². The second-order valence-corrected chi connectivity index (χ2v) is 6.82. The monoisotopic (exact) mass is 437 g/mol. The number of nitrogens with zero attached hydrogens (tertiary/aromatic N) is 1. The van der Waals surface area contributed by atoms with E-state index in [-0.39, 0.29) is 31.7 Å². The molecule has 140 valence electrons. The van der Waals surface area contributed by atoms with Crippen molar-refractivity contribution in [2.24, 2.45) is 0 Å². The maximum atomic E-state index is 4.76. The second-order valence-electron chi connectivity index (χ2n) is 6.82. The number of benzene rings is 1. The molecule has 0 unspecified atom stereocenters. The molecule has 3 rings (SSSR count). The molecule has 27 heavy (non-hydrogen) atoms. The summed E-state index contributed by atoms with van der Waals surface area (Å²) in [6.07, 6.45) is 27.2. The summed E-state index contributed by atoms with van der Waals surface area (Å²) in [7, 11) is 0. The summed E-state index contributed by atoms with van der Waals surface area (Å²) in [5.41, 5.74) is 1.10. The van der Waals surface area contributed by atoms with Crippen LogP contribution in [0, 0.1) is 70.6 Å². The Morgan fingerprint density at radius 3 is 1.63 bits per heavy atom. The molecule has 2 aliphatic rings. The molecule has 2 fully saturated rings. The third kappa shape index (κ3) is 16.6. The van der Waals surface area contributed by atoms with Gasteiger partial charge in [0.2, 0.25) is 0 Å². The molecule has 0 aliphatic heterocycles. The van der Waals surface area contributed by atoms with E-state index in [0.29, 0.717) is 0 Å². The molecular formula is C25H33NZr+2. The van der Waals surface area contributed by atoms with Crippen LogP contribution in [0.15, 0.2) is 30.3 Å². The Labute approximate surface area is 189 Å². The molecule has 0 atom stereocenters. The Hall–Kier alpha value is -0.0969. The van der Waals surface area contributed by atoms with Gasteiger partial charge in [0.1, 0.15) is 0 Å². The van der Waals surface area contributed by atoms with E-state index in [1.807, 2.05) is 82.4 Å². The van der Waals surface area contributed by atoms with Crippen LogP contribution in [0.1, 0.15) is 46.5 Å². The van der Waals surface area contributed by atoms with E-state index in [4.69, 9.17) is 5.32 Å². The second kappa shape index (κ2) is 18.0. The summed E-state index contributed by atoms with van der Waals surface area (Å²) < 4.78 is 0. The standard InChI is InChI=1S/C15H23N.2C5H5.Zr/c1-4-5-6-10-13-15(2,3)16-14-11-8-7-9-12-14;2*1-2-4-5-3-1;/h7-12H,4-6,13H2,1-3H3;2*1-5H;/q-2;;;+4. The van der Waals surface area contributed by atoms with Crippen LogP contribution in [0.5, 0.6) is 0 Å². The molecule has 0 spiro atoms. The predicted octanol–water partition coefficient (Wildman–Crippen LogP) is 7.30. The van der Waals surface area contributed by atoms with Crippen molar-refractivity contribution in [2.75, 3.05) is 0 Å². The number of hydrogen-bond donors (Lipinski definition) is 0. The maximum Gasteiger partial charge on any atom is 4.00 e. The quantitative estimate of drug-likeness (QED) is 0.313. The van der Waals surface area contributed by atoms with E-state index in [9.17, 15) is 0 Å². The molecule has 2 saturated carbocycles. The van der Waals surface area contributed by atoms with E-state index < -0.39 is 0 Å². The summed E-state index contributed by atoms with van der Waals surface area (Å²) in [6.45, 7) is 6.62. The first-order valence-electron chi connectivity index (χ1n) is 9.57. The van der Waals surface area contributed by atoms with Gasteiger partial charge in [0, 0.05) is 0 Å². The molecule has 2 heteroatoms. The van der Waals surface area contributed by atoms with Gasteiger partial charge in [0.25, 0.3) is 0 Å². The van der Waals surface area contributed by atoms with Crippen molar-refractivity contribution >= 4 is 5.69 Å². The van der Waals surface area contributed by atoms with Crippen LogP contribution >= 0.6 is 0 Å². The van der Waals surface area contributed by atoms with Crippen LogP contribution in [0.3, 0.4) is 0 Å². The Kier molecular flexibility index (Phi) is 17.9. The minimum atomic E-state index is 0. The number of rotatable bonds is 7. The van der Waals surface area contributed by atoms with Crippen molar-refractivity contribution in [3.8, 4) is 0 Å². The Morgan fingerprint density at radius 2 is 1.22 bits per heavy atom. The Balaban J connectivity index is 0.000000496. The smallest absolute Gasteiger partial charge is 0.681 e. The Morgan fingerprint density at radius 1 is 0.778 bits per heavy atom. The van der Waals surface area contributed by atoms with Gasteiger partial charge in [-0.1, -0.05) is 63.9 Å². The van der Waals surface area contributed by atoms with E-state index in [0.717, 1.165) is 12.1 Å². The van der Waals surface area contributed by atoms with Crippen molar-refractivity contribution in [3.05, 3.63) is 106 Å². The third-order valence-electron chi connectivity index (χ3n) is 3.70. The van der Waals surface area contributed by atoms with Gasteiger partial charge in [-0.15, -0.1) is 11.2 Å². The minimum Gasteiger partial charge on any atom is -0.681 e. The summed E-state index contributed by atoms with van der Waals surface area (Å²) in [5.74, 6) is 0. The van der Waals surface area contributed by atoms with Gasteiger partial charge in [0.15, 0.2) is 0 Å². The summed E-state index contributed by atoms with van der Waals surface area (Å²) in [5, 5.41) is 4.76. The topological polar surface area (TPSA) is 14.1 Å².